The molecule has 0 radical (unpaired) electrons. The van der Waals surface area contributed by atoms with Gasteiger partial charge in [0.1, 0.15) is 5.69 Å². The van der Waals surface area contributed by atoms with Gasteiger partial charge in [0.25, 0.3) is 11.6 Å². The van der Waals surface area contributed by atoms with Crippen LogP contribution >= 0.6 is 11.3 Å². The Kier molecular flexibility index (Phi) is 3.99. The topological polar surface area (TPSA) is 98.3 Å². The number of anilines is 1. The second kappa shape index (κ2) is 5.70. The van der Waals surface area contributed by atoms with E-state index in [9.17, 15) is 14.9 Å². The minimum atomic E-state index is -0.602. The quantitative estimate of drug-likeness (QED) is 0.513. The third kappa shape index (κ3) is 2.94. The third-order valence-electron chi connectivity index (χ3n) is 2.74. The van der Waals surface area contributed by atoms with E-state index in [-0.39, 0.29) is 16.9 Å². The standard InChI is InChI=1S/C13H13N3O3S/c1-8-5-6-9(20-8)7-15-13(17)10-3-2-4-11(12(10)14)16(18)19/h2-6H,7,14H2,1H3,(H,15,17). The number of carbonyl (C=O) groups is 1. The first kappa shape index (κ1) is 14.0. The first-order valence-electron chi connectivity index (χ1n) is 5.85. The average Bonchev–Trinajstić information content (AvgIpc) is 2.81. The van der Waals surface area contributed by atoms with Crippen molar-refractivity contribution in [3.05, 3.63) is 55.8 Å². The van der Waals surface area contributed by atoms with Crippen LogP contribution in [-0.4, -0.2) is 10.8 Å². The number of amides is 1. The summed E-state index contributed by atoms with van der Waals surface area (Å²) < 4.78 is 0. The predicted octanol–water partition coefficient (Wildman–Crippen LogP) is 2.48. The molecular formula is C13H13N3O3S. The van der Waals surface area contributed by atoms with Crippen molar-refractivity contribution in [2.45, 2.75) is 13.5 Å². The van der Waals surface area contributed by atoms with Gasteiger partial charge in [-0.25, -0.2) is 0 Å². The Bertz CT molecular complexity index is 667. The van der Waals surface area contributed by atoms with Gasteiger partial charge >= 0.3 is 0 Å². The van der Waals surface area contributed by atoms with Crippen molar-refractivity contribution in [3.8, 4) is 0 Å². The molecule has 0 unspecified atom stereocenters. The lowest BCUT2D eigenvalue weighted by molar-refractivity contribution is -0.383. The minimum absolute atomic E-state index is 0.114. The van der Waals surface area contributed by atoms with Crippen molar-refractivity contribution >= 4 is 28.6 Å². The highest BCUT2D eigenvalue weighted by Crippen LogP contribution is 2.24. The average molecular weight is 291 g/mol. The highest BCUT2D eigenvalue weighted by atomic mass is 32.1. The largest absolute Gasteiger partial charge is 0.393 e. The maximum absolute atomic E-state index is 12.0. The van der Waals surface area contributed by atoms with Crippen molar-refractivity contribution in [2.24, 2.45) is 0 Å². The highest BCUT2D eigenvalue weighted by molar-refractivity contribution is 7.11. The van der Waals surface area contributed by atoms with Gasteiger partial charge in [-0.15, -0.1) is 11.3 Å². The molecule has 0 aliphatic rings. The van der Waals surface area contributed by atoms with Crippen LogP contribution in [-0.2, 0) is 6.54 Å². The Labute approximate surface area is 119 Å². The van der Waals surface area contributed by atoms with Crippen LogP contribution in [0, 0.1) is 17.0 Å². The van der Waals surface area contributed by atoms with E-state index in [2.05, 4.69) is 5.32 Å². The van der Waals surface area contributed by atoms with Crippen LogP contribution in [0.25, 0.3) is 0 Å². The van der Waals surface area contributed by atoms with Gasteiger partial charge in [-0.2, -0.15) is 0 Å². The number of nitro groups is 1. The zero-order chi connectivity index (χ0) is 14.7. The number of carbonyl (C=O) groups excluding carboxylic acids is 1. The van der Waals surface area contributed by atoms with Crippen LogP contribution in [0.3, 0.4) is 0 Å². The third-order valence-corrected chi connectivity index (χ3v) is 3.74. The lowest BCUT2D eigenvalue weighted by Gasteiger charge is -2.06. The molecule has 1 aromatic carbocycles. The molecule has 1 aromatic heterocycles. The molecule has 1 amide bonds. The molecule has 1 heterocycles. The summed E-state index contributed by atoms with van der Waals surface area (Å²) in [4.78, 5) is 24.4. The van der Waals surface area contributed by atoms with E-state index < -0.39 is 10.8 Å². The molecule has 2 rings (SSSR count). The van der Waals surface area contributed by atoms with Gasteiger partial charge in [-0.05, 0) is 25.1 Å². The highest BCUT2D eigenvalue weighted by Gasteiger charge is 2.18. The van der Waals surface area contributed by atoms with Crippen LogP contribution in [0.5, 0.6) is 0 Å². The fourth-order valence-corrected chi connectivity index (χ4v) is 2.58. The Morgan fingerprint density at radius 1 is 1.40 bits per heavy atom. The summed E-state index contributed by atoms with van der Waals surface area (Å²) in [7, 11) is 0. The van der Waals surface area contributed by atoms with E-state index >= 15 is 0 Å². The molecule has 104 valence electrons. The molecule has 20 heavy (non-hydrogen) atoms. The van der Waals surface area contributed by atoms with E-state index in [4.69, 9.17) is 5.73 Å². The van der Waals surface area contributed by atoms with Gasteiger partial charge in [-0.1, -0.05) is 6.07 Å². The van der Waals surface area contributed by atoms with E-state index in [1.54, 1.807) is 11.3 Å². The molecule has 0 bridgehead atoms. The number of rotatable bonds is 4. The first-order valence-corrected chi connectivity index (χ1v) is 6.67. The zero-order valence-electron chi connectivity index (χ0n) is 10.8. The molecular weight excluding hydrogens is 278 g/mol. The predicted molar refractivity (Wildman–Crippen MR) is 77.7 cm³/mol. The van der Waals surface area contributed by atoms with Crippen molar-refractivity contribution in [2.75, 3.05) is 5.73 Å². The van der Waals surface area contributed by atoms with Gasteiger partial charge < -0.3 is 11.1 Å². The van der Waals surface area contributed by atoms with E-state index in [0.29, 0.717) is 6.54 Å². The van der Waals surface area contributed by atoms with Crippen LogP contribution in [0.15, 0.2) is 30.3 Å². The number of nitrogens with one attached hydrogen (secondary N) is 1. The number of benzene rings is 1. The maximum Gasteiger partial charge on any atom is 0.292 e. The van der Waals surface area contributed by atoms with Gasteiger partial charge in [-0.3, -0.25) is 14.9 Å². The summed E-state index contributed by atoms with van der Waals surface area (Å²) in [6.07, 6.45) is 0. The number of hydrogen-bond acceptors (Lipinski definition) is 5. The molecule has 2 aromatic rings. The van der Waals surface area contributed by atoms with Gasteiger partial charge in [0.05, 0.1) is 17.0 Å². The molecule has 0 aliphatic heterocycles. The lowest BCUT2D eigenvalue weighted by atomic mass is 10.1. The van der Waals surface area contributed by atoms with Crippen LogP contribution in [0.4, 0.5) is 11.4 Å². The normalized spacial score (nSPS) is 10.2. The lowest BCUT2D eigenvalue weighted by Crippen LogP contribution is -2.23. The molecule has 0 spiro atoms. The smallest absolute Gasteiger partial charge is 0.292 e. The number of thiophene rings is 1. The number of aryl methyl sites for hydroxylation is 1. The van der Waals surface area contributed by atoms with Crippen LogP contribution in [0.2, 0.25) is 0 Å². The summed E-state index contributed by atoms with van der Waals surface area (Å²) in [6, 6.07) is 8.08. The number of hydrogen-bond donors (Lipinski definition) is 2. The van der Waals surface area contributed by atoms with Gasteiger partial charge in [0.2, 0.25) is 0 Å². The van der Waals surface area contributed by atoms with Crippen LogP contribution < -0.4 is 11.1 Å². The monoisotopic (exact) mass is 291 g/mol. The molecule has 3 N–H and O–H groups in total. The fraction of sp³-hybridized carbons (Fsp3) is 0.154. The van der Waals surface area contributed by atoms with E-state index in [0.717, 1.165) is 9.75 Å². The summed E-state index contributed by atoms with van der Waals surface area (Å²) in [5.41, 5.74) is 5.40. The van der Waals surface area contributed by atoms with Crippen molar-refractivity contribution in [1.29, 1.82) is 0 Å². The molecule has 0 saturated carbocycles. The van der Waals surface area contributed by atoms with Crippen molar-refractivity contribution in [3.63, 3.8) is 0 Å². The molecule has 7 heteroatoms. The summed E-state index contributed by atoms with van der Waals surface area (Å²) in [6.45, 7) is 2.36. The second-order valence-corrected chi connectivity index (χ2v) is 5.56. The fourth-order valence-electron chi connectivity index (χ4n) is 1.75. The molecule has 0 saturated heterocycles. The van der Waals surface area contributed by atoms with E-state index in [1.807, 2.05) is 19.1 Å². The number of nitro benzene ring substituents is 1. The molecule has 0 fully saturated rings. The Morgan fingerprint density at radius 2 is 2.15 bits per heavy atom. The summed E-state index contributed by atoms with van der Waals surface area (Å²) in [5, 5.41) is 13.5. The number of para-hydroxylation sites is 1. The van der Waals surface area contributed by atoms with Crippen molar-refractivity contribution < 1.29 is 9.72 Å². The van der Waals surface area contributed by atoms with Crippen LogP contribution in [0.1, 0.15) is 20.1 Å². The number of nitrogens with zero attached hydrogens (tertiary/aromatic N) is 1. The van der Waals surface area contributed by atoms with Crippen molar-refractivity contribution in [1.82, 2.24) is 5.32 Å². The maximum atomic E-state index is 12.0. The number of nitrogens with two attached hydrogens (primary N) is 1. The summed E-state index contributed by atoms with van der Waals surface area (Å²) in [5.74, 6) is -0.419. The SMILES string of the molecule is Cc1ccc(CNC(=O)c2cccc([N+](=O)[O-])c2N)s1. The Hall–Kier alpha value is -2.41. The van der Waals surface area contributed by atoms with Gasteiger partial charge in [0, 0.05) is 15.8 Å². The van der Waals surface area contributed by atoms with E-state index in [1.165, 1.54) is 18.2 Å². The molecule has 0 aliphatic carbocycles. The minimum Gasteiger partial charge on any atom is -0.393 e. The zero-order valence-corrected chi connectivity index (χ0v) is 11.6. The van der Waals surface area contributed by atoms with Gasteiger partial charge in [0.15, 0.2) is 0 Å². The summed E-state index contributed by atoms with van der Waals surface area (Å²) >= 11 is 1.58. The number of nitrogen functional groups attached to an aromatic ring is 1. The molecule has 0 atom stereocenters. The Morgan fingerprint density at radius 3 is 2.75 bits per heavy atom. The second-order valence-electron chi connectivity index (χ2n) is 4.19. The first-order chi connectivity index (χ1) is 9.49. The molecule has 6 nitrogen and oxygen atoms in total. The Balaban J connectivity index is 2.13.